The van der Waals surface area contributed by atoms with Crippen LogP contribution in [0.4, 0.5) is 10.6 Å². The fourth-order valence-electron chi connectivity index (χ4n) is 4.34. The zero-order chi connectivity index (χ0) is 24.3. The first-order valence-corrected chi connectivity index (χ1v) is 10.7. The molecule has 1 aromatic carbocycles. The number of aromatic nitrogens is 3. The molecule has 2 aromatic heterocycles. The number of nitrogen functional groups attached to an aromatic ring is 1. The number of methoxy groups -OCH3 is 1. The molecule has 0 saturated heterocycles. The number of hydrogen-bond donors (Lipinski definition) is 3. The summed E-state index contributed by atoms with van der Waals surface area (Å²) >= 11 is 0. The molecule has 0 bridgehead atoms. The molecule has 11 nitrogen and oxygen atoms in total. The van der Waals surface area contributed by atoms with Crippen LogP contribution in [0.2, 0.25) is 0 Å². The Morgan fingerprint density at radius 2 is 2.03 bits per heavy atom. The van der Waals surface area contributed by atoms with Crippen LogP contribution < -0.4 is 10.5 Å². The first-order chi connectivity index (χ1) is 16.4. The molecule has 0 unspecified atom stereocenters. The average molecular weight is 467 g/mol. The van der Waals surface area contributed by atoms with Crippen molar-refractivity contribution in [3.8, 4) is 11.8 Å². The number of carbonyl (C=O) groups excluding carboxylic acids is 1. The summed E-state index contributed by atoms with van der Waals surface area (Å²) in [7, 11) is 1.58. The van der Waals surface area contributed by atoms with E-state index in [9.17, 15) is 20.3 Å². The number of nitrogens with two attached hydrogens (primary N) is 1. The number of benzene rings is 1. The number of nitriles is 1. The van der Waals surface area contributed by atoms with Crippen molar-refractivity contribution < 1.29 is 29.2 Å². The Hall–Kier alpha value is -3.88. The largest absolute Gasteiger partial charge is 0.508 e. The molecular formula is C23H25N5O6. The van der Waals surface area contributed by atoms with E-state index in [1.807, 2.05) is 24.3 Å². The van der Waals surface area contributed by atoms with E-state index in [1.54, 1.807) is 19.2 Å². The van der Waals surface area contributed by atoms with Gasteiger partial charge in [-0.2, -0.15) is 10.4 Å². The lowest BCUT2D eigenvalue weighted by molar-refractivity contribution is -0.0167. The molecule has 4 N–H and O–H groups in total. The number of nitrogens with zero attached hydrogens (tertiary/aromatic N) is 4. The number of aliphatic hydroxyl groups is 2. The van der Waals surface area contributed by atoms with Crippen molar-refractivity contribution in [2.75, 3.05) is 26.1 Å². The summed E-state index contributed by atoms with van der Waals surface area (Å²) in [6, 6.07) is 12.8. The lowest BCUT2D eigenvalue weighted by Gasteiger charge is -2.25. The van der Waals surface area contributed by atoms with E-state index in [0.29, 0.717) is 17.6 Å². The Kier molecular flexibility index (Phi) is 6.54. The van der Waals surface area contributed by atoms with Gasteiger partial charge in [-0.1, -0.05) is 12.1 Å². The molecule has 0 amide bonds. The third kappa shape index (κ3) is 4.21. The van der Waals surface area contributed by atoms with Crippen LogP contribution in [0.3, 0.4) is 0 Å². The fourth-order valence-corrected chi connectivity index (χ4v) is 4.34. The molecular weight excluding hydrogens is 442 g/mol. The van der Waals surface area contributed by atoms with E-state index in [-0.39, 0.29) is 25.5 Å². The summed E-state index contributed by atoms with van der Waals surface area (Å²) in [6.07, 6.45) is -1.83. The van der Waals surface area contributed by atoms with Gasteiger partial charge in [0.15, 0.2) is 5.82 Å². The molecule has 4 rings (SSSR count). The zero-order valence-corrected chi connectivity index (χ0v) is 18.5. The van der Waals surface area contributed by atoms with E-state index in [0.717, 1.165) is 11.3 Å². The zero-order valence-electron chi connectivity index (χ0n) is 18.5. The van der Waals surface area contributed by atoms with E-state index in [2.05, 4.69) is 16.2 Å². The molecule has 34 heavy (non-hydrogen) atoms. The van der Waals surface area contributed by atoms with Gasteiger partial charge < -0.3 is 30.2 Å². The summed E-state index contributed by atoms with van der Waals surface area (Å²) in [5.74, 6) is 0.270. The van der Waals surface area contributed by atoms with Gasteiger partial charge in [-0.3, -0.25) is 0 Å². The van der Waals surface area contributed by atoms with E-state index in [4.69, 9.17) is 19.9 Å². The van der Waals surface area contributed by atoms with E-state index in [1.165, 1.54) is 10.8 Å². The molecule has 0 radical (unpaired) electrons. The molecule has 11 heteroatoms. The second-order valence-electron chi connectivity index (χ2n) is 8.15. The van der Waals surface area contributed by atoms with Gasteiger partial charge in [0.05, 0.1) is 31.6 Å². The first kappa shape index (κ1) is 23.3. The molecule has 0 spiro atoms. The van der Waals surface area contributed by atoms with Gasteiger partial charge in [0.25, 0.3) is 0 Å². The Bertz CT molecular complexity index is 1210. The van der Waals surface area contributed by atoms with Crippen LogP contribution >= 0.6 is 0 Å². The van der Waals surface area contributed by atoms with Gasteiger partial charge in [0.1, 0.15) is 35.7 Å². The molecule has 2 heterocycles. The average Bonchev–Trinajstić information content (AvgIpc) is 3.39. The highest BCUT2D eigenvalue weighted by molar-refractivity contribution is 5.66. The minimum Gasteiger partial charge on any atom is -0.497 e. The van der Waals surface area contributed by atoms with Crippen LogP contribution in [0.1, 0.15) is 17.7 Å². The van der Waals surface area contributed by atoms with Crippen LogP contribution in [0.15, 0.2) is 42.7 Å². The van der Waals surface area contributed by atoms with Crippen molar-refractivity contribution in [1.29, 1.82) is 5.26 Å². The summed E-state index contributed by atoms with van der Waals surface area (Å²) in [4.78, 5) is 16.0. The minimum atomic E-state index is -1.47. The SMILES string of the molecule is COc1ccc(CCOC(=O)OC[C@H]2C[C@@](C#N)(c3ccc4c(N)ncnn34)[C@H](O)[C@@H]2O)cc1. The van der Waals surface area contributed by atoms with Crippen molar-refractivity contribution >= 4 is 17.5 Å². The van der Waals surface area contributed by atoms with Crippen molar-refractivity contribution in [1.82, 2.24) is 14.6 Å². The lowest BCUT2D eigenvalue weighted by atomic mass is 9.81. The van der Waals surface area contributed by atoms with Crippen molar-refractivity contribution in [3.05, 3.63) is 54.0 Å². The monoisotopic (exact) mass is 467 g/mol. The van der Waals surface area contributed by atoms with Gasteiger partial charge >= 0.3 is 6.16 Å². The van der Waals surface area contributed by atoms with Crippen LogP contribution in [0.25, 0.3) is 5.52 Å². The van der Waals surface area contributed by atoms with Crippen LogP contribution in [0, 0.1) is 17.2 Å². The lowest BCUT2D eigenvalue weighted by Crippen LogP contribution is -2.40. The second-order valence-corrected chi connectivity index (χ2v) is 8.15. The Balaban J connectivity index is 1.37. The van der Waals surface area contributed by atoms with Gasteiger partial charge in [-0.15, -0.1) is 0 Å². The number of ether oxygens (including phenoxy) is 3. The van der Waals surface area contributed by atoms with Gasteiger partial charge in [0, 0.05) is 12.3 Å². The molecule has 178 valence electrons. The number of anilines is 1. The molecule has 3 aromatic rings. The van der Waals surface area contributed by atoms with Crippen molar-refractivity contribution in [3.63, 3.8) is 0 Å². The highest BCUT2D eigenvalue weighted by Gasteiger charge is 2.56. The normalized spacial score (nSPS) is 24.0. The summed E-state index contributed by atoms with van der Waals surface area (Å²) < 4.78 is 16.8. The topological polar surface area (TPSA) is 165 Å². The van der Waals surface area contributed by atoms with Crippen LogP contribution in [0.5, 0.6) is 5.75 Å². The Morgan fingerprint density at radius 3 is 2.74 bits per heavy atom. The third-order valence-corrected chi connectivity index (χ3v) is 6.22. The number of aliphatic hydroxyl groups excluding tert-OH is 2. The van der Waals surface area contributed by atoms with Gasteiger partial charge in [-0.25, -0.2) is 14.3 Å². The summed E-state index contributed by atoms with van der Waals surface area (Å²) in [5.41, 5.74) is 6.21. The molecule has 1 saturated carbocycles. The highest BCUT2D eigenvalue weighted by Crippen LogP contribution is 2.45. The third-order valence-electron chi connectivity index (χ3n) is 6.22. The molecule has 1 aliphatic carbocycles. The first-order valence-electron chi connectivity index (χ1n) is 10.7. The maximum absolute atomic E-state index is 12.0. The quantitative estimate of drug-likeness (QED) is 0.430. The van der Waals surface area contributed by atoms with Gasteiger partial charge in [-0.05, 0) is 36.2 Å². The predicted octanol–water partition coefficient (Wildman–Crippen LogP) is 1.22. The van der Waals surface area contributed by atoms with Crippen molar-refractivity contribution in [2.45, 2.75) is 30.5 Å². The summed E-state index contributed by atoms with van der Waals surface area (Å²) in [6.45, 7) is -0.107. The fraction of sp³-hybridized carbons (Fsp3) is 0.391. The molecule has 4 atom stereocenters. The molecule has 1 aliphatic rings. The second kappa shape index (κ2) is 9.54. The van der Waals surface area contributed by atoms with Crippen LogP contribution in [-0.4, -0.2) is 63.5 Å². The standard InChI is InChI=1S/C23H25N5O6/c1-32-16-4-2-14(3-5-16)8-9-33-22(31)34-11-15-10-23(12-24,20(30)19(15)29)18-7-6-17-21(25)26-13-27-28(17)18/h2-7,13,15,19-20,29-30H,8-11H2,1H3,(H2,25,26,27)/t15-,19-,20-,23-/m1/s1. The summed E-state index contributed by atoms with van der Waals surface area (Å²) in [5, 5.41) is 35.6. The number of fused-ring (bicyclic) bond motifs is 1. The minimum absolute atomic E-state index is 0.0426. The molecule has 0 aliphatic heterocycles. The van der Waals surface area contributed by atoms with Crippen molar-refractivity contribution in [2.24, 2.45) is 5.92 Å². The molecule has 1 fully saturated rings. The van der Waals surface area contributed by atoms with Gasteiger partial charge in [0.2, 0.25) is 0 Å². The number of rotatable bonds is 7. The predicted molar refractivity (Wildman–Crippen MR) is 119 cm³/mol. The highest BCUT2D eigenvalue weighted by atomic mass is 16.7. The maximum atomic E-state index is 12.0. The number of hydrogen-bond acceptors (Lipinski definition) is 10. The number of carbonyl (C=O) groups is 1. The van der Waals surface area contributed by atoms with E-state index < -0.39 is 29.7 Å². The Labute approximate surface area is 195 Å². The smallest absolute Gasteiger partial charge is 0.497 e. The van der Waals surface area contributed by atoms with Crippen LogP contribution in [-0.2, 0) is 21.3 Å². The van der Waals surface area contributed by atoms with E-state index >= 15 is 0 Å². The Morgan fingerprint density at radius 1 is 1.26 bits per heavy atom. The maximum Gasteiger partial charge on any atom is 0.508 e.